The number of hydrogen-bond acceptors (Lipinski definition) is 7. The summed E-state index contributed by atoms with van der Waals surface area (Å²) in [6.07, 6.45) is 5.65. The van der Waals surface area contributed by atoms with E-state index in [9.17, 15) is 17.9 Å². The van der Waals surface area contributed by atoms with Crippen LogP contribution in [0.5, 0.6) is 5.75 Å². The maximum absolute atomic E-state index is 13.4. The van der Waals surface area contributed by atoms with Gasteiger partial charge in [0.05, 0.1) is 17.6 Å². The summed E-state index contributed by atoms with van der Waals surface area (Å²) < 4.78 is 40.8. The van der Waals surface area contributed by atoms with Crippen LogP contribution < -0.4 is 4.90 Å². The second-order valence-electron chi connectivity index (χ2n) is 9.10. The molecule has 190 valence electrons. The minimum Gasteiger partial charge on any atom is -0.507 e. The molecule has 3 aromatic heterocycles. The van der Waals surface area contributed by atoms with Crippen LogP contribution in [0.4, 0.5) is 15.3 Å². The van der Waals surface area contributed by atoms with Gasteiger partial charge in [0.1, 0.15) is 23.0 Å². The summed E-state index contributed by atoms with van der Waals surface area (Å²) in [5.74, 6) is 0.531. The number of benzene rings is 1. The number of aryl methyl sites for hydroxylation is 1. The first-order valence-corrected chi connectivity index (χ1v) is 14.5. The lowest BCUT2D eigenvalue weighted by molar-refractivity contribution is 0.321. The van der Waals surface area contributed by atoms with Crippen LogP contribution in [0.3, 0.4) is 0 Å². The number of anilines is 2. The van der Waals surface area contributed by atoms with E-state index in [0.717, 1.165) is 53.2 Å². The van der Waals surface area contributed by atoms with E-state index in [0.29, 0.717) is 24.3 Å². The van der Waals surface area contributed by atoms with Crippen LogP contribution in [0.1, 0.15) is 36.9 Å². The predicted molar refractivity (Wildman–Crippen MR) is 140 cm³/mol. The summed E-state index contributed by atoms with van der Waals surface area (Å²) in [7, 11) is -1.23. The molecule has 4 aromatic rings. The summed E-state index contributed by atoms with van der Waals surface area (Å²) in [6.45, 7) is 3.11. The van der Waals surface area contributed by atoms with Crippen molar-refractivity contribution in [3.05, 3.63) is 59.0 Å². The van der Waals surface area contributed by atoms with Crippen molar-refractivity contribution >= 4 is 38.0 Å². The number of thiazole rings is 1. The third-order valence-corrected chi connectivity index (χ3v) is 8.97. The average molecular weight is 530 g/mol. The minimum atomic E-state index is -3.17. The molecule has 0 saturated carbocycles. The Morgan fingerprint density at radius 2 is 1.94 bits per heavy atom. The molecule has 1 saturated heterocycles. The maximum Gasteiger partial charge on any atom is 0.211 e. The molecule has 0 spiro atoms. The molecule has 1 N–H and O–H groups in total. The van der Waals surface area contributed by atoms with E-state index in [-0.39, 0.29) is 11.7 Å². The van der Waals surface area contributed by atoms with Crippen molar-refractivity contribution in [2.75, 3.05) is 31.3 Å². The predicted octanol–water partition coefficient (Wildman–Crippen LogP) is 4.77. The number of pyridine rings is 1. The number of sulfonamides is 1. The molecule has 36 heavy (non-hydrogen) atoms. The van der Waals surface area contributed by atoms with E-state index in [1.54, 1.807) is 4.31 Å². The Balaban J connectivity index is 1.47. The number of fused-ring (bicyclic) bond motifs is 1. The molecule has 11 heteroatoms. The molecule has 0 aliphatic carbocycles. The van der Waals surface area contributed by atoms with E-state index in [1.165, 1.54) is 29.7 Å². The number of hydrogen-bond donors (Lipinski definition) is 1. The van der Waals surface area contributed by atoms with E-state index in [1.807, 2.05) is 23.4 Å². The first-order valence-electron chi connectivity index (χ1n) is 11.8. The number of halogens is 1. The maximum atomic E-state index is 13.4. The number of aromatic hydroxyl groups is 1. The zero-order valence-electron chi connectivity index (χ0n) is 20.3. The number of nitrogens with zero attached hydrogens (tertiary/aromatic N) is 5. The van der Waals surface area contributed by atoms with Gasteiger partial charge in [0, 0.05) is 43.3 Å². The first kappa shape index (κ1) is 24.7. The van der Waals surface area contributed by atoms with E-state index < -0.39 is 15.8 Å². The highest BCUT2D eigenvalue weighted by atomic mass is 32.2. The third-order valence-electron chi connectivity index (χ3n) is 6.75. The molecule has 0 radical (unpaired) electrons. The fourth-order valence-corrected chi connectivity index (χ4v) is 6.47. The Morgan fingerprint density at radius 1 is 1.19 bits per heavy atom. The van der Waals surface area contributed by atoms with Gasteiger partial charge in [-0.1, -0.05) is 13.0 Å². The lowest BCUT2D eigenvalue weighted by Crippen LogP contribution is -2.37. The van der Waals surface area contributed by atoms with Crippen molar-refractivity contribution < 1.29 is 17.9 Å². The van der Waals surface area contributed by atoms with Crippen LogP contribution in [0, 0.1) is 5.82 Å². The summed E-state index contributed by atoms with van der Waals surface area (Å²) in [6, 6.07) is 8.01. The first-order chi connectivity index (χ1) is 17.2. The van der Waals surface area contributed by atoms with Crippen molar-refractivity contribution in [2.24, 2.45) is 0 Å². The molecule has 0 unspecified atom stereocenters. The van der Waals surface area contributed by atoms with Gasteiger partial charge in [-0.05, 0) is 48.9 Å². The van der Waals surface area contributed by atoms with Crippen LogP contribution in [0.25, 0.3) is 16.9 Å². The molecular formula is C25H28FN5O3S2. The standard InChI is InChI=1S/C25H28FN5O3S2/c1-4-20-24(29(2)25-28-21(15-35-25)19-7-6-18(26)13-22(19)32)31-14-17(5-8-23(31)27-20)16-9-11-30(12-10-16)36(3,33)34/h5-8,13-16,32H,4,9-12H2,1-3H3. The largest absolute Gasteiger partial charge is 0.507 e. The number of phenolic OH excluding ortho intramolecular Hbond substituents is 1. The number of phenols is 1. The monoisotopic (exact) mass is 529 g/mol. The highest BCUT2D eigenvalue weighted by Gasteiger charge is 2.27. The number of aromatic nitrogens is 3. The van der Waals surface area contributed by atoms with Gasteiger partial charge in [0.15, 0.2) is 5.13 Å². The molecule has 0 bridgehead atoms. The van der Waals surface area contributed by atoms with Crippen molar-refractivity contribution in [3.8, 4) is 17.0 Å². The van der Waals surface area contributed by atoms with Crippen LogP contribution >= 0.6 is 11.3 Å². The van der Waals surface area contributed by atoms with Gasteiger partial charge in [-0.25, -0.2) is 27.1 Å². The molecule has 1 aliphatic heterocycles. The van der Waals surface area contributed by atoms with E-state index in [2.05, 4.69) is 23.6 Å². The van der Waals surface area contributed by atoms with Crippen molar-refractivity contribution in [1.82, 2.24) is 18.7 Å². The number of piperidine rings is 1. The van der Waals surface area contributed by atoms with Gasteiger partial charge < -0.3 is 10.0 Å². The fraction of sp³-hybridized carbons (Fsp3) is 0.360. The lowest BCUT2D eigenvalue weighted by Gasteiger charge is -2.30. The van der Waals surface area contributed by atoms with Crippen LogP contribution in [-0.4, -0.2) is 58.6 Å². The second-order valence-corrected chi connectivity index (χ2v) is 11.9. The normalized spacial score (nSPS) is 15.6. The second kappa shape index (κ2) is 9.45. The zero-order valence-corrected chi connectivity index (χ0v) is 22.0. The van der Waals surface area contributed by atoms with Crippen molar-refractivity contribution in [2.45, 2.75) is 32.1 Å². The van der Waals surface area contributed by atoms with Crippen LogP contribution in [0.15, 0.2) is 41.9 Å². The lowest BCUT2D eigenvalue weighted by atomic mass is 9.91. The average Bonchev–Trinajstić information content (AvgIpc) is 3.48. The molecule has 1 aliphatic rings. The summed E-state index contributed by atoms with van der Waals surface area (Å²) in [5.41, 5.74) is 3.97. The quantitative estimate of drug-likeness (QED) is 0.387. The topological polar surface area (TPSA) is 91.0 Å². The van der Waals surface area contributed by atoms with Gasteiger partial charge in [0.2, 0.25) is 10.0 Å². The Hall–Kier alpha value is -3.02. The van der Waals surface area contributed by atoms with E-state index >= 15 is 0 Å². The van der Waals surface area contributed by atoms with Gasteiger partial charge in [0.25, 0.3) is 0 Å². The highest BCUT2D eigenvalue weighted by molar-refractivity contribution is 7.88. The Bertz CT molecular complexity index is 1520. The van der Waals surface area contributed by atoms with Gasteiger partial charge in [-0.2, -0.15) is 0 Å². The molecule has 5 rings (SSSR count). The van der Waals surface area contributed by atoms with Gasteiger partial charge in [-0.15, -0.1) is 11.3 Å². The molecular weight excluding hydrogens is 501 g/mol. The molecule has 0 atom stereocenters. The molecule has 1 aromatic carbocycles. The third kappa shape index (κ3) is 4.58. The van der Waals surface area contributed by atoms with Gasteiger partial charge >= 0.3 is 0 Å². The molecule has 0 amide bonds. The molecule has 1 fully saturated rings. The summed E-state index contributed by atoms with van der Waals surface area (Å²) in [5, 5.41) is 12.7. The Kier molecular flexibility index (Phi) is 6.48. The zero-order chi connectivity index (χ0) is 25.6. The molecule has 8 nitrogen and oxygen atoms in total. The van der Waals surface area contributed by atoms with Crippen molar-refractivity contribution in [1.29, 1.82) is 0 Å². The minimum absolute atomic E-state index is 0.148. The Labute approximate surface area is 213 Å². The van der Waals surface area contributed by atoms with E-state index in [4.69, 9.17) is 9.97 Å². The fourth-order valence-electron chi connectivity index (χ4n) is 4.81. The smallest absolute Gasteiger partial charge is 0.211 e. The highest BCUT2D eigenvalue weighted by Crippen LogP contribution is 2.37. The summed E-state index contributed by atoms with van der Waals surface area (Å²) in [4.78, 5) is 11.5. The van der Waals surface area contributed by atoms with Crippen molar-refractivity contribution in [3.63, 3.8) is 0 Å². The molecule has 4 heterocycles. The van der Waals surface area contributed by atoms with Crippen LogP contribution in [-0.2, 0) is 16.4 Å². The number of imidazole rings is 1. The Morgan fingerprint density at radius 3 is 2.61 bits per heavy atom. The van der Waals surface area contributed by atoms with Gasteiger partial charge in [-0.3, -0.25) is 4.40 Å². The SMILES string of the molecule is CCc1nc2ccc(C3CCN(S(C)(=O)=O)CC3)cn2c1N(C)c1nc(-c2ccc(F)cc2O)cs1. The number of rotatable bonds is 6. The summed E-state index contributed by atoms with van der Waals surface area (Å²) >= 11 is 1.43. The van der Waals surface area contributed by atoms with Crippen LogP contribution in [0.2, 0.25) is 0 Å².